The summed E-state index contributed by atoms with van der Waals surface area (Å²) in [7, 11) is 0. The fourth-order valence-electron chi connectivity index (χ4n) is 3.37. The van der Waals surface area contributed by atoms with E-state index in [1.165, 1.54) is 12.3 Å². The number of nitrogens with zero attached hydrogens (tertiary/aromatic N) is 2. The Morgan fingerprint density at radius 1 is 1.10 bits per heavy atom. The molecule has 9 heteroatoms. The van der Waals surface area contributed by atoms with Gasteiger partial charge in [-0.25, -0.2) is 4.98 Å². The molecule has 162 valence electrons. The molecule has 1 atom stereocenters. The molecule has 0 spiro atoms. The molecule has 0 aliphatic carbocycles. The number of hydrogen-bond donors (Lipinski definition) is 2. The van der Waals surface area contributed by atoms with Crippen molar-refractivity contribution < 1.29 is 13.5 Å². The van der Waals surface area contributed by atoms with Crippen molar-refractivity contribution in [1.82, 2.24) is 15.3 Å². The van der Waals surface area contributed by atoms with Crippen molar-refractivity contribution >= 4 is 29.0 Å². The monoisotopic (exact) mass is 464 g/mol. The fourth-order valence-corrected chi connectivity index (χ4v) is 4.08. The number of hydrogen-bond acceptors (Lipinski definition) is 5. The summed E-state index contributed by atoms with van der Waals surface area (Å²) in [6, 6.07) is 9.82. The summed E-state index contributed by atoms with van der Waals surface area (Å²) >= 11 is 12.5. The van der Waals surface area contributed by atoms with E-state index in [1.54, 1.807) is 43.5 Å². The molecule has 1 aromatic carbocycles. The van der Waals surface area contributed by atoms with Gasteiger partial charge in [0.25, 0.3) is 5.92 Å². The van der Waals surface area contributed by atoms with E-state index >= 15 is 0 Å². The average molecular weight is 465 g/mol. The zero-order valence-electron chi connectivity index (χ0n) is 16.6. The van der Waals surface area contributed by atoms with E-state index in [4.69, 9.17) is 33.7 Å². The van der Waals surface area contributed by atoms with Gasteiger partial charge in [-0.3, -0.25) is 4.98 Å². The van der Waals surface area contributed by atoms with Crippen molar-refractivity contribution in [2.75, 3.05) is 18.8 Å². The van der Waals surface area contributed by atoms with E-state index in [0.29, 0.717) is 32.5 Å². The predicted molar refractivity (Wildman–Crippen MR) is 118 cm³/mol. The number of nitrogens with one attached hydrogen (secondary N) is 1. The Kier molecular flexibility index (Phi) is 6.01. The van der Waals surface area contributed by atoms with Crippen molar-refractivity contribution in [2.45, 2.75) is 19.0 Å². The van der Waals surface area contributed by atoms with Crippen LogP contribution in [0.25, 0.3) is 11.1 Å². The van der Waals surface area contributed by atoms with Gasteiger partial charge >= 0.3 is 0 Å². The highest BCUT2D eigenvalue weighted by Crippen LogP contribution is 2.38. The Morgan fingerprint density at radius 2 is 1.77 bits per heavy atom. The van der Waals surface area contributed by atoms with Crippen LogP contribution in [0.5, 0.6) is 5.75 Å². The SMILES string of the molecule is CC(Oc1cc(-c2ccc(C(F)(F)C3CNC3)nc2)cnc1N)c1c(Cl)cccc1Cl. The van der Waals surface area contributed by atoms with Crippen LogP contribution in [0.3, 0.4) is 0 Å². The second-order valence-corrected chi connectivity index (χ2v) is 8.23. The van der Waals surface area contributed by atoms with Gasteiger partial charge in [0, 0.05) is 52.2 Å². The highest BCUT2D eigenvalue weighted by atomic mass is 35.5. The molecule has 4 rings (SSSR count). The molecule has 1 saturated heterocycles. The number of anilines is 1. The molecule has 1 aliphatic heterocycles. The molecule has 1 unspecified atom stereocenters. The number of ether oxygens (including phenoxy) is 1. The molecule has 0 bridgehead atoms. The molecule has 3 aromatic rings. The minimum absolute atomic E-state index is 0.187. The number of nitrogen functional groups attached to an aromatic ring is 1. The van der Waals surface area contributed by atoms with E-state index in [-0.39, 0.29) is 24.6 Å². The van der Waals surface area contributed by atoms with Crippen LogP contribution in [0.1, 0.15) is 24.3 Å². The summed E-state index contributed by atoms with van der Waals surface area (Å²) in [5.41, 5.74) is 7.62. The van der Waals surface area contributed by atoms with Crippen LogP contribution in [0.4, 0.5) is 14.6 Å². The summed E-state index contributed by atoms with van der Waals surface area (Å²) in [5, 5.41) is 3.82. The fraction of sp³-hybridized carbons (Fsp3) is 0.273. The number of nitrogens with two attached hydrogens (primary N) is 1. The van der Waals surface area contributed by atoms with Crippen LogP contribution in [0.15, 0.2) is 48.8 Å². The lowest BCUT2D eigenvalue weighted by Crippen LogP contribution is -2.50. The molecule has 3 heterocycles. The van der Waals surface area contributed by atoms with Gasteiger partial charge in [0.05, 0.1) is 5.92 Å². The topological polar surface area (TPSA) is 73.1 Å². The number of rotatable bonds is 6. The normalized spacial score (nSPS) is 15.4. The first-order chi connectivity index (χ1) is 14.8. The van der Waals surface area contributed by atoms with Crippen molar-refractivity contribution in [3.05, 3.63) is 70.1 Å². The molecular weight excluding hydrogens is 445 g/mol. The number of pyridine rings is 2. The molecule has 0 saturated carbocycles. The summed E-state index contributed by atoms with van der Waals surface area (Å²) in [6.07, 6.45) is 2.46. The van der Waals surface area contributed by atoms with Gasteiger partial charge in [0.15, 0.2) is 11.6 Å². The Balaban J connectivity index is 1.58. The second kappa shape index (κ2) is 8.57. The van der Waals surface area contributed by atoms with Gasteiger partial charge < -0.3 is 15.8 Å². The van der Waals surface area contributed by atoms with Gasteiger partial charge in [-0.1, -0.05) is 35.3 Å². The van der Waals surface area contributed by atoms with Crippen LogP contribution in [-0.2, 0) is 5.92 Å². The van der Waals surface area contributed by atoms with Crippen molar-refractivity contribution in [1.29, 1.82) is 0 Å². The third-order valence-corrected chi connectivity index (χ3v) is 5.98. The van der Waals surface area contributed by atoms with Crippen LogP contribution in [-0.4, -0.2) is 23.1 Å². The van der Waals surface area contributed by atoms with E-state index in [9.17, 15) is 8.78 Å². The summed E-state index contributed by atoms with van der Waals surface area (Å²) in [4.78, 5) is 8.17. The lowest BCUT2D eigenvalue weighted by Gasteiger charge is -2.33. The number of aromatic nitrogens is 2. The predicted octanol–water partition coefficient (Wildman–Crippen LogP) is 5.48. The van der Waals surface area contributed by atoms with Crippen LogP contribution in [0, 0.1) is 5.92 Å². The minimum Gasteiger partial charge on any atom is -0.482 e. The lowest BCUT2D eigenvalue weighted by atomic mass is 9.92. The van der Waals surface area contributed by atoms with Gasteiger partial charge in [0.2, 0.25) is 0 Å². The van der Waals surface area contributed by atoms with Crippen molar-refractivity contribution in [2.24, 2.45) is 5.92 Å². The first-order valence-corrected chi connectivity index (χ1v) is 10.4. The minimum atomic E-state index is -2.97. The lowest BCUT2D eigenvalue weighted by molar-refractivity contribution is -0.0870. The molecule has 2 aromatic heterocycles. The molecule has 31 heavy (non-hydrogen) atoms. The third-order valence-electron chi connectivity index (χ3n) is 5.32. The van der Waals surface area contributed by atoms with Gasteiger partial charge in [-0.2, -0.15) is 8.78 Å². The largest absolute Gasteiger partial charge is 0.482 e. The third kappa shape index (κ3) is 4.31. The highest BCUT2D eigenvalue weighted by Gasteiger charge is 2.45. The van der Waals surface area contributed by atoms with E-state index < -0.39 is 17.9 Å². The standard InChI is InChI=1S/C22H20Cl2F2N4O/c1-12(20-16(23)3-2-4-17(20)24)31-18-7-14(9-30-21(18)27)13-5-6-19(29-8-13)22(25,26)15-10-28-11-15/h2-9,12,15,28H,10-11H2,1H3,(H2,27,30). The number of alkyl halides is 2. The maximum atomic E-state index is 14.4. The number of benzene rings is 1. The highest BCUT2D eigenvalue weighted by molar-refractivity contribution is 6.36. The van der Waals surface area contributed by atoms with E-state index in [2.05, 4.69) is 15.3 Å². The summed E-state index contributed by atoms with van der Waals surface area (Å²) in [6.45, 7) is 2.37. The smallest absolute Gasteiger partial charge is 0.294 e. The zero-order chi connectivity index (χ0) is 22.2. The molecule has 1 aliphatic rings. The summed E-state index contributed by atoms with van der Waals surface area (Å²) in [5.74, 6) is -3.19. The van der Waals surface area contributed by atoms with Crippen LogP contribution >= 0.6 is 23.2 Å². The first-order valence-electron chi connectivity index (χ1n) is 9.69. The van der Waals surface area contributed by atoms with Gasteiger partial charge in [-0.05, 0) is 31.2 Å². The molecule has 0 radical (unpaired) electrons. The zero-order valence-corrected chi connectivity index (χ0v) is 18.1. The second-order valence-electron chi connectivity index (χ2n) is 7.41. The number of halogens is 4. The molecule has 5 nitrogen and oxygen atoms in total. The van der Waals surface area contributed by atoms with E-state index in [0.717, 1.165) is 0 Å². The summed E-state index contributed by atoms with van der Waals surface area (Å²) < 4.78 is 34.9. The molecule has 3 N–H and O–H groups in total. The van der Waals surface area contributed by atoms with Crippen LogP contribution < -0.4 is 15.8 Å². The first kappa shape index (κ1) is 21.7. The average Bonchev–Trinajstić information content (AvgIpc) is 2.68. The van der Waals surface area contributed by atoms with Gasteiger partial charge in [0.1, 0.15) is 11.8 Å². The Bertz CT molecular complexity index is 1070. The Hall–Kier alpha value is -2.48. The van der Waals surface area contributed by atoms with Gasteiger partial charge in [-0.15, -0.1) is 0 Å². The maximum Gasteiger partial charge on any atom is 0.294 e. The van der Waals surface area contributed by atoms with Crippen molar-refractivity contribution in [3.63, 3.8) is 0 Å². The molecular formula is C22H20Cl2F2N4O. The maximum absolute atomic E-state index is 14.4. The van der Waals surface area contributed by atoms with Crippen LogP contribution in [0.2, 0.25) is 10.0 Å². The molecule has 0 amide bonds. The van der Waals surface area contributed by atoms with E-state index in [1.807, 2.05) is 0 Å². The van der Waals surface area contributed by atoms with Crippen molar-refractivity contribution in [3.8, 4) is 16.9 Å². The quantitative estimate of drug-likeness (QED) is 0.504. The Labute approximate surface area is 188 Å². The Morgan fingerprint density at radius 3 is 2.35 bits per heavy atom. The molecule has 1 fully saturated rings.